The first-order valence-electron chi connectivity index (χ1n) is 9.51. The molecule has 0 aliphatic heterocycles. The van der Waals surface area contributed by atoms with Gasteiger partial charge in [-0.1, -0.05) is 30.3 Å². The second kappa shape index (κ2) is 8.81. The van der Waals surface area contributed by atoms with Gasteiger partial charge in [0, 0.05) is 5.56 Å². The number of ether oxygens (including phenoxy) is 1. The van der Waals surface area contributed by atoms with Crippen LogP contribution in [0.25, 0.3) is 28.7 Å². The van der Waals surface area contributed by atoms with Gasteiger partial charge >= 0.3 is 12.6 Å². The van der Waals surface area contributed by atoms with Crippen molar-refractivity contribution >= 4 is 29.0 Å². The minimum absolute atomic E-state index is 0.0146. The molecule has 160 valence electrons. The average molecular weight is 434 g/mol. The maximum Gasteiger partial charge on any atom is 0.387 e. The van der Waals surface area contributed by atoms with Crippen molar-refractivity contribution in [2.24, 2.45) is 0 Å². The molecule has 0 saturated heterocycles. The summed E-state index contributed by atoms with van der Waals surface area (Å²) >= 11 is 0. The molecule has 0 saturated carbocycles. The van der Waals surface area contributed by atoms with Gasteiger partial charge in [0.25, 0.3) is 5.56 Å². The van der Waals surface area contributed by atoms with Crippen molar-refractivity contribution in [3.8, 4) is 11.4 Å². The zero-order chi connectivity index (χ0) is 22.7. The standard InChI is InChI=1S/C24H16F2N2O4/c25-24(26)32-20-8-4-1-5-15(20)11-14-21-27-19-7-3-2-6-18(19)22(29)28(21)17-12-9-16(10-13-17)23(30)31/h1-14,24H,(H,30,31). The Hall–Kier alpha value is -4.33. The van der Waals surface area contributed by atoms with E-state index in [1.165, 1.54) is 47.1 Å². The first-order chi connectivity index (χ1) is 15.4. The number of benzene rings is 3. The summed E-state index contributed by atoms with van der Waals surface area (Å²) in [5.41, 5.74) is 0.979. The minimum atomic E-state index is -2.98. The molecule has 0 aliphatic rings. The molecule has 32 heavy (non-hydrogen) atoms. The number of aromatic nitrogens is 2. The van der Waals surface area contributed by atoms with Gasteiger partial charge in [-0.25, -0.2) is 9.78 Å². The Morgan fingerprint density at radius 3 is 2.38 bits per heavy atom. The summed E-state index contributed by atoms with van der Waals surface area (Å²) in [6, 6.07) is 18.8. The normalized spacial score (nSPS) is 11.3. The van der Waals surface area contributed by atoms with Crippen molar-refractivity contribution in [2.45, 2.75) is 6.61 Å². The van der Waals surface area contributed by atoms with Gasteiger partial charge in [0.05, 0.1) is 22.2 Å². The van der Waals surface area contributed by atoms with Crippen LogP contribution >= 0.6 is 0 Å². The Morgan fingerprint density at radius 1 is 0.969 bits per heavy atom. The number of hydrogen-bond donors (Lipinski definition) is 1. The first-order valence-corrected chi connectivity index (χ1v) is 9.51. The van der Waals surface area contributed by atoms with Crippen LogP contribution in [0.2, 0.25) is 0 Å². The molecule has 1 aromatic heterocycles. The summed E-state index contributed by atoms with van der Waals surface area (Å²) in [5.74, 6) is -0.862. The van der Waals surface area contributed by atoms with Crippen LogP contribution in [-0.4, -0.2) is 27.2 Å². The maximum atomic E-state index is 13.2. The minimum Gasteiger partial charge on any atom is -0.478 e. The van der Waals surface area contributed by atoms with Gasteiger partial charge < -0.3 is 9.84 Å². The van der Waals surface area contributed by atoms with E-state index in [1.54, 1.807) is 42.5 Å². The predicted molar refractivity (Wildman–Crippen MR) is 116 cm³/mol. The molecule has 0 unspecified atom stereocenters. The lowest BCUT2D eigenvalue weighted by molar-refractivity contribution is -0.0499. The van der Waals surface area contributed by atoms with Gasteiger partial charge in [-0.05, 0) is 54.6 Å². The number of rotatable bonds is 6. The summed E-state index contributed by atoms with van der Waals surface area (Å²) in [4.78, 5) is 29.0. The number of carboxylic acid groups (broad SMARTS) is 1. The van der Waals surface area contributed by atoms with E-state index in [4.69, 9.17) is 5.11 Å². The van der Waals surface area contributed by atoms with Gasteiger partial charge in [-0.3, -0.25) is 9.36 Å². The van der Waals surface area contributed by atoms with Gasteiger partial charge in [-0.15, -0.1) is 0 Å². The van der Waals surface area contributed by atoms with Crippen molar-refractivity contribution in [3.63, 3.8) is 0 Å². The summed E-state index contributed by atoms with van der Waals surface area (Å²) in [6.45, 7) is -2.98. The van der Waals surface area contributed by atoms with E-state index in [1.807, 2.05) is 0 Å². The lowest BCUT2D eigenvalue weighted by atomic mass is 10.1. The molecular weight excluding hydrogens is 418 g/mol. The van der Waals surface area contributed by atoms with Crippen molar-refractivity contribution in [1.29, 1.82) is 0 Å². The Bertz CT molecular complexity index is 1380. The van der Waals surface area contributed by atoms with Crippen LogP contribution in [0, 0.1) is 0 Å². The number of fused-ring (bicyclic) bond motifs is 1. The van der Waals surface area contributed by atoms with E-state index in [0.29, 0.717) is 22.2 Å². The molecule has 4 rings (SSSR count). The molecule has 6 nitrogen and oxygen atoms in total. The molecule has 0 aliphatic carbocycles. The summed E-state index contributed by atoms with van der Waals surface area (Å²) in [6.07, 6.45) is 3.04. The number of alkyl halides is 2. The predicted octanol–water partition coefficient (Wildman–Crippen LogP) is 4.86. The third-order valence-electron chi connectivity index (χ3n) is 4.72. The van der Waals surface area contributed by atoms with E-state index < -0.39 is 12.6 Å². The monoisotopic (exact) mass is 434 g/mol. The largest absolute Gasteiger partial charge is 0.478 e. The lowest BCUT2D eigenvalue weighted by Crippen LogP contribution is -2.22. The number of aromatic carboxylic acids is 1. The molecule has 1 N–H and O–H groups in total. The molecule has 0 radical (unpaired) electrons. The fourth-order valence-electron chi connectivity index (χ4n) is 3.25. The molecule has 0 fully saturated rings. The topological polar surface area (TPSA) is 81.4 Å². The van der Waals surface area contributed by atoms with Gasteiger partial charge in [0.2, 0.25) is 0 Å². The highest BCUT2D eigenvalue weighted by atomic mass is 19.3. The van der Waals surface area contributed by atoms with E-state index >= 15 is 0 Å². The van der Waals surface area contributed by atoms with Crippen molar-refractivity contribution in [1.82, 2.24) is 9.55 Å². The zero-order valence-corrected chi connectivity index (χ0v) is 16.5. The summed E-state index contributed by atoms with van der Waals surface area (Å²) in [5, 5.41) is 9.52. The molecule has 0 bridgehead atoms. The molecule has 1 heterocycles. The average Bonchev–Trinajstić information content (AvgIpc) is 2.78. The Labute approximate surface area is 180 Å². The summed E-state index contributed by atoms with van der Waals surface area (Å²) in [7, 11) is 0. The Balaban J connectivity index is 1.87. The quantitative estimate of drug-likeness (QED) is 0.469. The summed E-state index contributed by atoms with van der Waals surface area (Å²) < 4.78 is 31.3. The molecule has 0 amide bonds. The SMILES string of the molecule is O=C(O)c1ccc(-n2c(C=Cc3ccccc3OC(F)F)nc3ccccc3c2=O)cc1. The van der Waals surface area contributed by atoms with E-state index in [9.17, 15) is 18.4 Å². The van der Waals surface area contributed by atoms with Crippen LogP contribution in [-0.2, 0) is 0 Å². The Morgan fingerprint density at radius 2 is 1.66 bits per heavy atom. The molecule has 0 spiro atoms. The Kier molecular flexibility index (Phi) is 5.76. The van der Waals surface area contributed by atoms with Crippen LogP contribution < -0.4 is 10.3 Å². The zero-order valence-electron chi connectivity index (χ0n) is 16.5. The second-order valence-electron chi connectivity index (χ2n) is 6.73. The van der Waals surface area contributed by atoms with Crippen LogP contribution in [0.3, 0.4) is 0 Å². The maximum absolute atomic E-state index is 13.2. The fraction of sp³-hybridized carbons (Fsp3) is 0.0417. The molecular formula is C24H16F2N2O4. The van der Waals surface area contributed by atoms with Crippen molar-refractivity contribution < 1.29 is 23.4 Å². The van der Waals surface area contributed by atoms with Crippen molar-refractivity contribution in [2.75, 3.05) is 0 Å². The highest BCUT2D eigenvalue weighted by Crippen LogP contribution is 2.23. The molecule has 8 heteroatoms. The number of nitrogens with zero attached hydrogens (tertiary/aromatic N) is 2. The molecule has 4 aromatic rings. The van der Waals surface area contributed by atoms with E-state index in [-0.39, 0.29) is 22.7 Å². The van der Waals surface area contributed by atoms with Gasteiger partial charge in [0.1, 0.15) is 11.6 Å². The van der Waals surface area contributed by atoms with Crippen LogP contribution in [0.4, 0.5) is 8.78 Å². The number of halogens is 2. The highest BCUT2D eigenvalue weighted by Gasteiger charge is 2.13. The molecule has 3 aromatic carbocycles. The third kappa shape index (κ3) is 4.24. The van der Waals surface area contributed by atoms with Crippen molar-refractivity contribution in [3.05, 3.63) is 100 Å². The third-order valence-corrected chi connectivity index (χ3v) is 4.72. The van der Waals surface area contributed by atoms with Gasteiger partial charge in [-0.2, -0.15) is 8.78 Å². The fourth-order valence-corrected chi connectivity index (χ4v) is 3.25. The second-order valence-corrected chi connectivity index (χ2v) is 6.73. The highest BCUT2D eigenvalue weighted by molar-refractivity contribution is 5.88. The molecule has 0 atom stereocenters. The van der Waals surface area contributed by atoms with Crippen LogP contribution in [0.1, 0.15) is 21.7 Å². The smallest absolute Gasteiger partial charge is 0.387 e. The van der Waals surface area contributed by atoms with Crippen LogP contribution in [0.5, 0.6) is 5.75 Å². The van der Waals surface area contributed by atoms with E-state index in [2.05, 4.69) is 9.72 Å². The number of carbonyl (C=O) groups is 1. The first kappa shape index (κ1) is 20.9. The number of para-hydroxylation sites is 2. The number of carboxylic acids is 1. The van der Waals surface area contributed by atoms with E-state index in [0.717, 1.165) is 0 Å². The number of hydrogen-bond acceptors (Lipinski definition) is 4. The van der Waals surface area contributed by atoms with Crippen LogP contribution in [0.15, 0.2) is 77.6 Å². The lowest BCUT2D eigenvalue weighted by Gasteiger charge is -2.12. The van der Waals surface area contributed by atoms with Gasteiger partial charge in [0.15, 0.2) is 0 Å².